The van der Waals surface area contributed by atoms with Gasteiger partial charge in [-0.1, -0.05) is 3.89 Å². The molecule has 2 aliphatic heterocycles. The molecule has 2 aromatic carbocycles. The van der Waals surface area contributed by atoms with Crippen LogP contribution in [0.4, 0.5) is 39.0 Å². The molecule has 0 spiro atoms. The quantitative estimate of drug-likeness (QED) is 0.181. The van der Waals surface area contributed by atoms with Crippen molar-refractivity contribution < 1.29 is 80.7 Å². The zero-order chi connectivity index (χ0) is 32.5. The Morgan fingerprint density at radius 1 is 0.837 bits per heavy atom. The van der Waals surface area contributed by atoms with Gasteiger partial charge in [-0.15, -0.1) is 0 Å². The van der Waals surface area contributed by atoms with Crippen molar-refractivity contribution in [3.05, 3.63) is 75.9 Å². The van der Waals surface area contributed by atoms with Crippen LogP contribution in [0.2, 0.25) is 0 Å². The van der Waals surface area contributed by atoms with Crippen LogP contribution in [0.3, 0.4) is 0 Å². The number of aldehydes is 1. The predicted octanol–water partition coefficient (Wildman–Crippen LogP) is 5.12. The molecular weight excluding hydrogens is 635 g/mol. The fourth-order valence-corrected chi connectivity index (χ4v) is 3.56. The summed E-state index contributed by atoms with van der Waals surface area (Å²) in [6.07, 6.45) is -3.28. The van der Waals surface area contributed by atoms with E-state index in [0.717, 1.165) is 12.1 Å². The Kier molecular flexibility index (Phi) is 12.7. The van der Waals surface area contributed by atoms with Crippen LogP contribution in [0.25, 0.3) is 6.08 Å². The van der Waals surface area contributed by atoms with Gasteiger partial charge in [0, 0.05) is 34.9 Å². The van der Waals surface area contributed by atoms with Crippen molar-refractivity contribution in [1.82, 2.24) is 0 Å². The second-order valence-electron chi connectivity index (χ2n) is 7.93. The fourth-order valence-electron chi connectivity index (χ4n) is 3.28. The van der Waals surface area contributed by atoms with Crippen LogP contribution in [0.15, 0.2) is 30.3 Å². The lowest BCUT2D eigenvalue weighted by molar-refractivity contribution is -0.157. The lowest BCUT2D eigenvalue weighted by Crippen LogP contribution is -2.36. The summed E-state index contributed by atoms with van der Waals surface area (Å²) in [5.74, 6) is -6.05. The van der Waals surface area contributed by atoms with Gasteiger partial charge in [0.25, 0.3) is 6.08 Å². The summed E-state index contributed by atoms with van der Waals surface area (Å²) in [4.78, 5) is 20.5. The van der Waals surface area contributed by atoms with Gasteiger partial charge in [-0.2, -0.15) is 26.0 Å². The van der Waals surface area contributed by atoms with E-state index in [1.54, 1.807) is 0 Å². The highest BCUT2D eigenvalue weighted by molar-refractivity contribution is 7.88. The van der Waals surface area contributed by atoms with Crippen molar-refractivity contribution in [3.63, 3.8) is 0 Å². The first-order valence-electron chi connectivity index (χ1n) is 11.4. The van der Waals surface area contributed by atoms with Crippen LogP contribution in [-0.2, 0) is 38.7 Å². The second-order valence-corrected chi connectivity index (χ2v) is 9.31. The third-order valence-corrected chi connectivity index (χ3v) is 5.88. The van der Waals surface area contributed by atoms with Crippen molar-refractivity contribution in [2.75, 3.05) is 33.5 Å². The number of hydrogen-bond acceptors (Lipinski definition) is 9. The average molecular weight is 654 g/mol. The van der Waals surface area contributed by atoms with Crippen LogP contribution in [-0.4, -0.2) is 59.5 Å². The number of esters is 1. The number of carbonyl (C=O) groups is 2. The first kappa shape index (κ1) is 35.7. The Morgan fingerprint density at radius 2 is 1.23 bits per heavy atom. The normalized spacial score (nSPS) is 15.6. The smallest absolute Gasteiger partial charge is 0.464 e. The van der Waals surface area contributed by atoms with Gasteiger partial charge in [0.15, 0.2) is 18.9 Å². The van der Waals surface area contributed by atoms with Crippen LogP contribution >= 0.6 is 0 Å². The Hall–Kier alpha value is -3.52. The van der Waals surface area contributed by atoms with E-state index in [-0.39, 0.29) is 29.9 Å². The van der Waals surface area contributed by atoms with Gasteiger partial charge in [0.05, 0.1) is 39.1 Å². The lowest BCUT2D eigenvalue weighted by Gasteiger charge is -2.13. The second kappa shape index (κ2) is 15.3. The maximum atomic E-state index is 13.4. The van der Waals surface area contributed by atoms with Crippen LogP contribution in [0, 0.1) is 23.3 Å². The fraction of sp³-hybridized carbons (Fsp3) is 0.333. The first-order chi connectivity index (χ1) is 20.0. The van der Waals surface area contributed by atoms with Gasteiger partial charge in [0.2, 0.25) is 0 Å². The minimum atomic E-state index is -6.22. The zero-order valence-corrected chi connectivity index (χ0v) is 22.2. The molecule has 0 N–H and O–H groups in total. The summed E-state index contributed by atoms with van der Waals surface area (Å²) in [7, 11) is -5.71. The molecule has 2 saturated heterocycles. The molecule has 0 amide bonds. The molecule has 2 fully saturated rings. The molecule has 0 aromatic heterocycles. The minimum absolute atomic E-state index is 0.0761. The van der Waals surface area contributed by atoms with E-state index in [0.29, 0.717) is 44.8 Å². The molecule has 19 heteroatoms. The summed E-state index contributed by atoms with van der Waals surface area (Å²) < 4.78 is 155. The SMILES string of the molecule is COC(=O)C(F)(F)S(=O)(=O)F.FC(F)=Cc1c(F)cc(F)cc1C1OCCO1.O=Cc1c(F)cc(F)cc1C1OCCO1. The Bertz CT molecular complexity index is 1440. The van der Waals surface area contributed by atoms with E-state index >= 15 is 0 Å². The number of hydrogen-bond donors (Lipinski definition) is 0. The maximum absolute atomic E-state index is 13.4. The van der Waals surface area contributed by atoms with E-state index in [1.165, 1.54) is 0 Å². The van der Waals surface area contributed by atoms with Gasteiger partial charge < -0.3 is 23.7 Å². The summed E-state index contributed by atoms with van der Waals surface area (Å²) in [5.41, 5.74) is -0.616. The Labute approximate surface area is 236 Å². The maximum Gasteiger partial charge on any atom is 0.470 e. The van der Waals surface area contributed by atoms with Crippen molar-refractivity contribution >= 4 is 28.6 Å². The van der Waals surface area contributed by atoms with Crippen LogP contribution < -0.4 is 0 Å². The van der Waals surface area contributed by atoms with Crippen LogP contribution in [0.1, 0.15) is 39.6 Å². The highest BCUT2D eigenvalue weighted by Gasteiger charge is 2.55. The molecule has 43 heavy (non-hydrogen) atoms. The van der Waals surface area contributed by atoms with Gasteiger partial charge in [-0.05, 0) is 12.1 Å². The number of benzene rings is 2. The summed E-state index contributed by atoms with van der Waals surface area (Å²) in [6, 6.07) is 3.16. The third-order valence-electron chi connectivity index (χ3n) is 5.10. The Balaban J connectivity index is 0.000000231. The molecule has 0 bridgehead atoms. The standard InChI is InChI=1S/C11H8F4O2.C10H8F2O3.C3H3F3O4S/c12-6-3-8(11-16-1-2-17-11)7(5-10(14)15)9(13)4-6;11-6-3-7(10-14-1-2-15-10)8(5-13)9(12)4-6;1-10-2(7)3(4,5)11(6,8)9/h3-5,11H,1-2H2;3-5,10H,1-2H2;1H3. The Morgan fingerprint density at radius 3 is 1.56 bits per heavy atom. The molecule has 0 radical (unpaired) electrons. The van der Waals surface area contributed by atoms with E-state index in [2.05, 4.69) is 4.74 Å². The summed E-state index contributed by atoms with van der Waals surface area (Å²) in [5, 5.41) is -5.11. The minimum Gasteiger partial charge on any atom is -0.464 e. The monoisotopic (exact) mass is 654 g/mol. The molecule has 2 heterocycles. The lowest BCUT2D eigenvalue weighted by atomic mass is 10.1. The zero-order valence-electron chi connectivity index (χ0n) is 21.4. The van der Waals surface area contributed by atoms with Crippen molar-refractivity contribution in [2.45, 2.75) is 17.8 Å². The molecule has 2 aromatic rings. The number of alkyl halides is 2. The first-order valence-corrected chi connectivity index (χ1v) is 12.7. The topological polar surface area (TPSA) is 114 Å². The molecule has 0 unspecified atom stereocenters. The van der Waals surface area contributed by atoms with E-state index in [1.807, 2.05) is 0 Å². The van der Waals surface area contributed by atoms with Crippen molar-refractivity contribution in [2.24, 2.45) is 0 Å². The molecule has 4 rings (SSSR count). The average Bonchev–Trinajstić information content (AvgIpc) is 3.64. The highest BCUT2D eigenvalue weighted by Crippen LogP contribution is 2.31. The summed E-state index contributed by atoms with van der Waals surface area (Å²) >= 11 is 0. The molecule has 9 nitrogen and oxygen atoms in total. The number of carbonyl (C=O) groups excluding carboxylic acids is 2. The molecule has 0 aliphatic carbocycles. The number of methoxy groups -OCH3 is 1. The van der Waals surface area contributed by atoms with E-state index < -0.39 is 68.9 Å². The van der Waals surface area contributed by atoms with Gasteiger partial charge in [-0.25, -0.2) is 22.4 Å². The molecule has 2 aliphatic rings. The van der Waals surface area contributed by atoms with Gasteiger partial charge in [-0.3, -0.25) is 4.79 Å². The molecule has 238 valence electrons. The highest BCUT2D eigenvalue weighted by atomic mass is 32.3. The molecule has 0 saturated carbocycles. The van der Waals surface area contributed by atoms with Gasteiger partial charge in [0.1, 0.15) is 23.3 Å². The van der Waals surface area contributed by atoms with Gasteiger partial charge >= 0.3 is 21.4 Å². The van der Waals surface area contributed by atoms with E-state index in [9.17, 15) is 57.0 Å². The number of halogens is 9. The summed E-state index contributed by atoms with van der Waals surface area (Å²) in [6.45, 7) is 1.20. The molecular formula is C24H19F9O9S. The molecule has 0 atom stereocenters. The number of rotatable bonds is 6. The third kappa shape index (κ3) is 9.48. The van der Waals surface area contributed by atoms with E-state index in [4.69, 9.17) is 18.9 Å². The largest absolute Gasteiger partial charge is 0.470 e. The van der Waals surface area contributed by atoms with Crippen molar-refractivity contribution in [3.8, 4) is 0 Å². The van der Waals surface area contributed by atoms with Crippen molar-refractivity contribution in [1.29, 1.82) is 0 Å². The predicted molar refractivity (Wildman–Crippen MR) is 125 cm³/mol. The number of ether oxygens (including phenoxy) is 5. The van der Waals surface area contributed by atoms with Crippen LogP contribution in [0.5, 0.6) is 0 Å².